The Morgan fingerprint density at radius 2 is 2.14 bits per heavy atom. The number of rotatable bonds is 9. The summed E-state index contributed by atoms with van der Waals surface area (Å²) in [4.78, 5) is 11.8. The first-order chi connectivity index (χ1) is 10.5. The van der Waals surface area contributed by atoms with Crippen LogP contribution in [0, 0.1) is 0 Å². The fraction of sp³-hybridized carbons (Fsp3) is 0.471. The molecule has 5 heteroatoms. The average Bonchev–Trinajstić information content (AvgIpc) is 2.50. The van der Waals surface area contributed by atoms with Crippen LogP contribution in [0.3, 0.4) is 0 Å². The molecule has 1 aromatic rings. The van der Waals surface area contributed by atoms with Gasteiger partial charge in [-0.05, 0) is 31.6 Å². The Morgan fingerprint density at radius 1 is 1.45 bits per heavy atom. The first-order valence-corrected chi connectivity index (χ1v) is 8.35. The van der Waals surface area contributed by atoms with Crippen molar-refractivity contribution in [3.8, 4) is 0 Å². The summed E-state index contributed by atoms with van der Waals surface area (Å²) >= 11 is 1.63. The number of hydrogen-bond acceptors (Lipinski definition) is 4. The Hall–Kier alpha value is -1.46. The molecule has 22 heavy (non-hydrogen) atoms. The van der Waals surface area contributed by atoms with Crippen molar-refractivity contribution in [2.45, 2.75) is 37.7 Å². The second kappa shape index (κ2) is 9.54. The first kappa shape index (κ1) is 18.6. The molecule has 0 aromatic heterocycles. The molecule has 0 saturated heterocycles. The maximum absolute atomic E-state index is 11.8. The lowest BCUT2D eigenvalue weighted by atomic mass is 10.0. The molecule has 0 radical (unpaired) electrons. The highest BCUT2D eigenvalue weighted by molar-refractivity contribution is 8.00. The molecular weight excluding hydrogens is 298 g/mol. The van der Waals surface area contributed by atoms with E-state index >= 15 is 0 Å². The predicted octanol–water partition coefficient (Wildman–Crippen LogP) is 3.36. The average molecular weight is 323 g/mol. The van der Waals surface area contributed by atoms with E-state index < -0.39 is 6.09 Å². The smallest absolute Gasteiger partial charge is 0.407 e. The maximum atomic E-state index is 11.8. The van der Waals surface area contributed by atoms with Gasteiger partial charge in [-0.1, -0.05) is 36.4 Å². The van der Waals surface area contributed by atoms with Gasteiger partial charge in [-0.2, -0.15) is 11.8 Å². The molecule has 4 nitrogen and oxygen atoms in total. The second-order valence-corrected chi connectivity index (χ2v) is 7.00. The molecule has 0 aliphatic rings. The number of carbonyl (C=O) groups excluding carboxylic acids is 1. The van der Waals surface area contributed by atoms with Crippen LogP contribution in [0.25, 0.3) is 0 Å². The highest BCUT2D eigenvalue weighted by Gasteiger charge is 2.21. The van der Waals surface area contributed by atoms with E-state index in [0.29, 0.717) is 0 Å². The number of benzene rings is 1. The number of carbonyl (C=O) groups is 1. The zero-order valence-corrected chi connectivity index (χ0v) is 14.1. The van der Waals surface area contributed by atoms with E-state index in [1.54, 1.807) is 17.8 Å². The van der Waals surface area contributed by atoms with Crippen molar-refractivity contribution in [3.05, 3.63) is 48.6 Å². The molecule has 2 N–H and O–H groups in total. The van der Waals surface area contributed by atoms with Crippen LogP contribution in [-0.2, 0) is 11.3 Å². The fourth-order valence-corrected chi connectivity index (χ4v) is 2.93. The standard InChI is InChI=1S/C17H25NO3S/c1-4-15(12-19)22-11-10-17(2,3)18-16(20)21-13-14-8-6-5-7-9-14/h4-9,15,19H,1,10-13H2,2-3H3,(H,18,20). The molecule has 1 unspecified atom stereocenters. The van der Waals surface area contributed by atoms with Crippen LogP contribution >= 0.6 is 11.8 Å². The van der Waals surface area contributed by atoms with Crippen molar-refractivity contribution in [2.24, 2.45) is 0 Å². The third kappa shape index (κ3) is 7.52. The number of nitrogens with one attached hydrogen (secondary N) is 1. The minimum Gasteiger partial charge on any atom is -0.445 e. The highest BCUT2D eigenvalue weighted by atomic mass is 32.2. The van der Waals surface area contributed by atoms with Crippen LogP contribution in [-0.4, -0.2) is 34.3 Å². The van der Waals surface area contributed by atoms with Crippen LogP contribution in [0.2, 0.25) is 0 Å². The molecule has 0 heterocycles. The maximum Gasteiger partial charge on any atom is 0.407 e. The van der Waals surface area contributed by atoms with Crippen LogP contribution in [0.15, 0.2) is 43.0 Å². The molecule has 1 rings (SSSR count). The Kier molecular flexibility index (Phi) is 8.06. The number of aliphatic hydroxyl groups is 1. The van der Waals surface area contributed by atoms with Crippen molar-refractivity contribution < 1.29 is 14.6 Å². The minimum atomic E-state index is -0.415. The van der Waals surface area contributed by atoms with Gasteiger partial charge in [-0.3, -0.25) is 0 Å². The van der Waals surface area contributed by atoms with Gasteiger partial charge in [0.15, 0.2) is 0 Å². The van der Waals surface area contributed by atoms with Crippen LogP contribution in [0.5, 0.6) is 0 Å². The Labute approximate surface area is 136 Å². The summed E-state index contributed by atoms with van der Waals surface area (Å²) in [6.45, 7) is 7.94. The van der Waals surface area contributed by atoms with E-state index in [-0.39, 0.29) is 24.0 Å². The summed E-state index contributed by atoms with van der Waals surface area (Å²) in [6, 6.07) is 9.58. The van der Waals surface area contributed by atoms with E-state index in [9.17, 15) is 4.79 Å². The number of amides is 1. The lowest BCUT2D eigenvalue weighted by Crippen LogP contribution is -2.44. The largest absolute Gasteiger partial charge is 0.445 e. The summed E-state index contributed by atoms with van der Waals surface area (Å²) in [7, 11) is 0. The summed E-state index contributed by atoms with van der Waals surface area (Å²) in [5, 5.41) is 12.0. The molecule has 0 bridgehead atoms. The fourth-order valence-electron chi connectivity index (χ4n) is 1.76. The van der Waals surface area contributed by atoms with Crippen molar-refractivity contribution in [3.63, 3.8) is 0 Å². The summed E-state index contributed by atoms with van der Waals surface area (Å²) in [6.07, 6.45) is 2.10. The molecule has 122 valence electrons. The zero-order chi connectivity index (χ0) is 16.4. The topological polar surface area (TPSA) is 58.6 Å². The van der Waals surface area contributed by atoms with Gasteiger partial charge in [0.2, 0.25) is 0 Å². The molecule has 0 aliphatic heterocycles. The zero-order valence-electron chi connectivity index (χ0n) is 13.2. The SMILES string of the molecule is C=CC(CO)SCCC(C)(C)NC(=O)OCc1ccccc1. The van der Waals surface area contributed by atoms with E-state index in [1.165, 1.54) is 0 Å². The van der Waals surface area contributed by atoms with Gasteiger partial charge < -0.3 is 15.2 Å². The molecule has 0 saturated carbocycles. The Morgan fingerprint density at radius 3 is 2.73 bits per heavy atom. The van der Waals surface area contributed by atoms with E-state index in [2.05, 4.69) is 11.9 Å². The molecular formula is C17H25NO3S. The van der Waals surface area contributed by atoms with Gasteiger partial charge in [0.25, 0.3) is 0 Å². The third-order valence-electron chi connectivity index (χ3n) is 3.16. The Bertz CT molecular complexity index is 462. The van der Waals surface area contributed by atoms with Crippen molar-refractivity contribution >= 4 is 17.9 Å². The summed E-state index contributed by atoms with van der Waals surface area (Å²) < 4.78 is 5.22. The number of alkyl carbamates (subject to hydrolysis) is 1. The van der Waals surface area contributed by atoms with Crippen LogP contribution < -0.4 is 5.32 Å². The summed E-state index contributed by atoms with van der Waals surface area (Å²) in [5.41, 5.74) is 0.602. The van der Waals surface area contributed by atoms with Gasteiger partial charge >= 0.3 is 6.09 Å². The van der Waals surface area contributed by atoms with Gasteiger partial charge in [0.1, 0.15) is 6.61 Å². The molecule has 0 aliphatic carbocycles. The Balaban J connectivity index is 2.30. The quantitative estimate of drug-likeness (QED) is 0.684. The van der Waals surface area contributed by atoms with Gasteiger partial charge in [0, 0.05) is 10.8 Å². The highest BCUT2D eigenvalue weighted by Crippen LogP contribution is 2.18. The molecule has 0 spiro atoms. The lowest BCUT2D eigenvalue weighted by molar-refractivity contribution is 0.129. The van der Waals surface area contributed by atoms with Gasteiger partial charge in [-0.25, -0.2) is 4.79 Å². The van der Waals surface area contributed by atoms with Gasteiger partial charge in [0.05, 0.1) is 6.61 Å². The number of ether oxygens (including phenoxy) is 1. The van der Waals surface area contributed by atoms with Gasteiger partial charge in [-0.15, -0.1) is 6.58 Å². The molecule has 1 aromatic carbocycles. The second-order valence-electron chi connectivity index (χ2n) is 5.65. The van der Waals surface area contributed by atoms with E-state index in [1.807, 2.05) is 44.2 Å². The lowest BCUT2D eigenvalue weighted by Gasteiger charge is -2.26. The molecule has 1 amide bonds. The number of aliphatic hydroxyl groups excluding tert-OH is 1. The monoisotopic (exact) mass is 323 g/mol. The van der Waals surface area contributed by atoms with Crippen LogP contribution in [0.4, 0.5) is 4.79 Å². The van der Waals surface area contributed by atoms with Crippen molar-refractivity contribution in [2.75, 3.05) is 12.4 Å². The minimum absolute atomic E-state index is 0.0424. The molecule has 1 atom stereocenters. The van der Waals surface area contributed by atoms with Crippen LogP contribution in [0.1, 0.15) is 25.8 Å². The van der Waals surface area contributed by atoms with Crippen molar-refractivity contribution in [1.82, 2.24) is 5.32 Å². The summed E-state index contributed by atoms with van der Waals surface area (Å²) in [5.74, 6) is 0.823. The first-order valence-electron chi connectivity index (χ1n) is 7.31. The normalized spacial score (nSPS) is 12.5. The number of hydrogen-bond donors (Lipinski definition) is 2. The van der Waals surface area contributed by atoms with E-state index in [4.69, 9.17) is 9.84 Å². The van der Waals surface area contributed by atoms with E-state index in [0.717, 1.165) is 17.7 Å². The predicted molar refractivity (Wildman–Crippen MR) is 92.0 cm³/mol. The van der Waals surface area contributed by atoms with Crippen molar-refractivity contribution in [1.29, 1.82) is 0 Å². The molecule has 0 fully saturated rings. The third-order valence-corrected chi connectivity index (χ3v) is 4.36. The number of thioether (sulfide) groups is 1.